The molecule has 0 unspecified atom stereocenters. The highest BCUT2D eigenvalue weighted by Gasteiger charge is 2.10. The summed E-state index contributed by atoms with van der Waals surface area (Å²) in [6, 6.07) is 8.90. The summed E-state index contributed by atoms with van der Waals surface area (Å²) >= 11 is 0. The van der Waals surface area contributed by atoms with Gasteiger partial charge in [0.2, 0.25) is 0 Å². The van der Waals surface area contributed by atoms with Crippen LogP contribution < -0.4 is 10.1 Å². The Bertz CT molecular complexity index is 633. The van der Waals surface area contributed by atoms with Crippen molar-refractivity contribution in [3.05, 3.63) is 58.3 Å². The van der Waals surface area contributed by atoms with Gasteiger partial charge < -0.3 is 10.1 Å². The predicted octanol–water partition coefficient (Wildman–Crippen LogP) is 3.76. The molecule has 0 radical (unpaired) electrons. The Kier molecular flexibility index (Phi) is 4.82. The highest BCUT2D eigenvalue weighted by molar-refractivity contribution is 5.42. The zero-order chi connectivity index (χ0) is 16.1. The van der Waals surface area contributed by atoms with Crippen molar-refractivity contribution in [1.29, 1.82) is 0 Å². The highest BCUT2D eigenvalue weighted by Crippen LogP contribution is 2.22. The minimum Gasteiger partial charge on any atom is -0.435 e. The average Bonchev–Trinajstić information content (AvgIpc) is 2.48. The maximum absolute atomic E-state index is 12.1. The van der Waals surface area contributed by atoms with Crippen molar-refractivity contribution in [3.8, 4) is 5.75 Å². The van der Waals surface area contributed by atoms with Crippen LogP contribution in [-0.2, 0) is 0 Å². The summed E-state index contributed by atoms with van der Waals surface area (Å²) in [5.74, 6) is 0.561. The molecule has 2 rings (SSSR count). The predicted molar refractivity (Wildman–Crippen MR) is 76.0 cm³/mol. The molecule has 0 amide bonds. The summed E-state index contributed by atoms with van der Waals surface area (Å²) in [4.78, 5) is 14.0. The van der Waals surface area contributed by atoms with Crippen molar-refractivity contribution in [1.82, 2.24) is 4.98 Å². The van der Waals surface area contributed by atoms with Crippen LogP contribution in [0.3, 0.4) is 0 Å². The van der Waals surface area contributed by atoms with Crippen molar-refractivity contribution >= 4 is 11.5 Å². The lowest BCUT2D eigenvalue weighted by Crippen LogP contribution is -2.08. The molecule has 0 spiro atoms. The molecule has 1 aromatic carbocycles. The number of rotatable bonds is 6. The third kappa shape index (κ3) is 4.11. The maximum atomic E-state index is 12.1. The third-order valence-electron chi connectivity index (χ3n) is 2.93. The Labute approximate surface area is 124 Å². The monoisotopic (exact) mass is 309 g/mol. The molecule has 1 atom stereocenters. The van der Waals surface area contributed by atoms with E-state index in [4.69, 9.17) is 0 Å². The first-order valence-electron chi connectivity index (χ1n) is 6.37. The minimum absolute atomic E-state index is 0.0828. The van der Waals surface area contributed by atoms with Crippen molar-refractivity contribution in [2.75, 3.05) is 5.32 Å². The lowest BCUT2D eigenvalue weighted by atomic mass is 10.1. The Balaban J connectivity index is 2.02. The van der Waals surface area contributed by atoms with E-state index in [9.17, 15) is 18.9 Å². The van der Waals surface area contributed by atoms with E-state index in [1.807, 2.05) is 6.92 Å². The Morgan fingerprint density at radius 1 is 1.23 bits per heavy atom. The van der Waals surface area contributed by atoms with E-state index in [0.717, 1.165) is 11.8 Å². The highest BCUT2D eigenvalue weighted by atomic mass is 19.3. The number of nitrogens with zero attached hydrogens (tertiary/aromatic N) is 2. The van der Waals surface area contributed by atoms with Crippen molar-refractivity contribution in [2.24, 2.45) is 0 Å². The number of nitro groups is 1. The number of nitrogens with one attached hydrogen (secondary N) is 1. The van der Waals surface area contributed by atoms with Gasteiger partial charge in [-0.15, -0.1) is 0 Å². The number of alkyl halides is 2. The standard InChI is InChI=1S/C14H13F2N3O3/c1-9(10-2-5-12(6-3-10)22-14(15)16)18-13-7-4-11(8-17-13)19(20)21/h2-9,14H,1H3,(H,17,18)/t9-/m1/s1. The summed E-state index contributed by atoms with van der Waals surface area (Å²) in [6.45, 7) is -1.00. The molecule has 0 saturated heterocycles. The van der Waals surface area contributed by atoms with Gasteiger partial charge in [0.05, 0.1) is 4.92 Å². The van der Waals surface area contributed by atoms with Gasteiger partial charge in [-0.3, -0.25) is 10.1 Å². The SMILES string of the molecule is C[C@@H](Nc1ccc([N+](=O)[O-])cn1)c1ccc(OC(F)F)cc1. The van der Waals surface area contributed by atoms with Gasteiger partial charge in [-0.2, -0.15) is 8.78 Å². The lowest BCUT2D eigenvalue weighted by Gasteiger charge is -2.15. The minimum atomic E-state index is -2.86. The van der Waals surface area contributed by atoms with Crippen LogP contribution in [0.25, 0.3) is 0 Å². The third-order valence-corrected chi connectivity index (χ3v) is 2.93. The summed E-state index contributed by atoms with van der Waals surface area (Å²) < 4.78 is 28.4. The second-order valence-corrected chi connectivity index (χ2v) is 4.47. The van der Waals surface area contributed by atoms with E-state index in [1.165, 1.54) is 24.3 Å². The zero-order valence-corrected chi connectivity index (χ0v) is 11.6. The van der Waals surface area contributed by atoms with E-state index < -0.39 is 11.5 Å². The van der Waals surface area contributed by atoms with Crippen molar-refractivity contribution in [2.45, 2.75) is 19.6 Å². The first-order valence-corrected chi connectivity index (χ1v) is 6.37. The number of hydrogen-bond acceptors (Lipinski definition) is 5. The molecule has 0 aliphatic rings. The molecule has 0 aliphatic carbocycles. The number of benzene rings is 1. The van der Waals surface area contributed by atoms with E-state index in [2.05, 4.69) is 15.0 Å². The zero-order valence-electron chi connectivity index (χ0n) is 11.6. The van der Waals surface area contributed by atoms with Gasteiger partial charge >= 0.3 is 6.61 Å². The number of aromatic nitrogens is 1. The fourth-order valence-corrected chi connectivity index (χ4v) is 1.82. The second-order valence-electron chi connectivity index (χ2n) is 4.47. The molecule has 8 heteroatoms. The first-order chi connectivity index (χ1) is 10.5. The smallest absolute Gasteiger partial charge is 0.387 e. The van der Waals surface area contributed by atoms with Crippen LogP contribution in [0.1, 0.15) is 18.5 Å². The second kappa shape index (κ2) is 6.79. The topological polar surface area (TPSA) is 77.3 Å². The summed E-state index contributed by atoms with van der Waals surface area (Å²) in [7, 11) is 0. The number of ether oxygens (including phenoxy) is 1. The fourth-order valence-electron chi connectivity index (χ4n) is 1.82. The fraction of sp³-hybridized carbons (Fsp3) is 0.214. The molecular weight excluding hydrogens is 296 g/mol. The lowest BCUT2D eigenvalue weighted by molar-refractivity contribution is -0.385. The van der Waals surface area contributed by atoms with Crippen LogP contribution >= 0.6 is 0 Å². The van der Waals surface area contributed by atoms with Gasteiger partial charge in [0.25, 0.3) is 5.69 Å². The number of pyridine rings is 1. The van der Waals surface area contributed by atoms with Gasteiger partial charge in [0.1, 0.15) is 17.8 Å². The van der Waals surface area contributed by atoms with Crippen LogP contribution in [0.5, 0.6) is 5.75 Å². The van der Waals surface area contributed by atoms with E-state index in [-0.39, 0.29) is 17.5 Å². The van der Waals surface area contributed by atoms with Gasteiger partial charge in [0, 0.05) is 12.1 Å². The van der Waals surface area contributed by atoms with Crippen molar-refractivity contribution in [3.63, 3.8) is 0 Å². The van der Waals surface area contributed by atoms with E-state index in [1.54, 1.807) is 12.1 Å². The Morgan fingerprint density at radius 2 is 1.91 bits per heavy atom. The molecule has 2 aromatic rings. The molecule has 0 saturated carbocycles. The molecule has 1 aromatic heterocycles. The van der Waals surface area contributed by atoms with Gasteiger partial charge in [-0.1, -0.05) is 12.1 Å². The summed E-state index contributed by atoms with van der Waals surface area (Å²) in [6.07, 6.45) is 1.16. The molecule has 1 heterocycles. The first kappa shape index (κ1) is 15.6. The molecule has 22 heavy (non-hydrogen) atoms. The van der Waals surface area contributed by atoms with Crippen molar-refractivity contribution < 1.29 is 18.4 Å². The van der Waals surface area contributed by atoms with Crippen LogP contribution in [0, 0.1) is 10.1 Å². The molecule has 0 bridgehead atoms. The van der Waals surface area contributed by atoms with Crippen LogP contribution in [0.2, 0.25) is 0 Å². The van der Waals surface area contributed by atoms with E-state index >= 15 is 0 Å². The van der Waals surface area contributed by atoms with Crippen LogP contribution in [-0.4, -0.2) is 16.5 Å². The number of hydrogen-bond donors (Lipinski definition) is 1. The molecule has 116 valence electrons. The van der Waals surface area contributed by atoms with Gasteiger partial charge in [-0.25, -0.2) is 4.98 Å². The van der Waals surface area contributed by atoms with Crippen LogP contribution in [0.15, 0.2) is 42.6 Å². The Hall–Kier alpha value is -2.77. The number of anilines is 1. The normalized spacial score (nSPS) is 12.0. The summed E-state index contributed by atoms with van der Waals surface area (Å²) in [5.41, 5.74) is 0.744. The average molecular weight is 309 g/mol. The summed E-state index contributed by atoms with van der Waals surface area (Å²) in [5, 5.41) is 13.6. The van der Waals surface area contributed by atoms with Gasteiger partial charge in [-0.05, 0) is 30.7 Å². The molecular formula is C14H13F2N3O3. The van der Waals surface area contributed by atoms with Crippen LogP contribution in [0.4, 0.5) is 20.3 Å². The molecule has 0 fully saturated rings. The largest absolute Gasteiger partial charge is 0.435 e. The van der Waals surface area contributed by atoms with Gasteiger partial charge in [0.15, 0.2) is 0 Å². The molecule has 1 N–H and O–H groups in total. The quantitative estimate of drug-likeness (QED) is 0.649. The Morgan fingerprint density at radius 3 is 2.41 bits per heavy atom. The molecule has 0 aliphatic heterocycles. The van der Waals surface area contributed by atoms with E-state index in [0.29, 0.717) is 5.82 Å². The number of halogens is 2. The maximum Gasteiger partial charge on any atom is 0.387 e. The molecule has 6 nitrogen and oxygen atoms in total.